The normalized spacial score (nSPS) is 11.0. The van der Waals surface area contributed by atoms with Crippen molar-refractivity contribution in [3.05, 3.63) is 76.7 Å². The highest BCUT2D eigenvalue weighted by Crippen LogP contribution is 2.23. The van der Waals surface area contributed by atoms with Crippen LogP contribution in [0.3, 0.4) is 0 Å². The molecule has 0 amide bonds. The third-order valence-corrected chi connectivity index (χ3v) is 4.08. The summed E-state index contributed by atoms with van der Waals surface area (Å²) in [4.78, 5) is 8.81. The molecule has 0 saturated heterocycles. The fourth-order valence-electron chi connectivity index (χ4n) is 2.74. The predicted molar refractivity (Wildman–Crippen MR) is 89.5 cm³/mol. The molecular formula is C18H11ClN4. The first-order chi connectivity index (χ1) is 11.3. The molecule has 0 spiro atoms. The van der Waals surface area contributed by atoms with Gasteiger partial charge in [0, 0.05) is 18.3 Å². The summed E-state index contributed by atoms with van der Waals surface area (Å²) in [5.41, 5.74) is 5.28. The van der Waals surface area contributed by atoms with Gasteiger partial charge in [0.05, 0.1) is 22.7 Å². The molecule has 5 heteroatoms. The number of nitrogens with zero attached hydrogens (tertiary/aromatic N) is 4. The van der Waals surface area contributed by atoms with Gasteiger partial charge >= 0.3 is 0 Å². The van der Waals surface area contributed by atoms with Crippen molar-refractivity contribution in [1.82, 2.24) is 14.4 Å². The first-order valence-corrected chi connectivity index (χ1v) is 7.53. The van der Waals surface area contributed by atoms with Crippen LogP contribution in [0.2, 0.25) is 5.15 Å². The number of imidazole rings is 1. The molecule has 0 saturated carbocycles. The van der Waals surface area contributed by atoms with Crippen molar-refractivity contribution in [2.24, 2.45) is 0 Å². The highest BCUT2D eigenvalue weighted by molar-refractivity contribution is 6.32. The summed E-state index contributed by atoms with van der Waals surface area (Å²) in [6.45, 7) is 0. The zero-order valence-electron chi connectivity index (χ0n) is 12.1. The molecule has 110 valence electrons. The zero-order valence-corrected chi connectivity index (χ0v) is 12.8. The predicted octanol–water partition coefficient (Wildman–Crippen LogP) is 4.00. The first kappa shape index (κ1) is 13.7. The Kier molecular flexibility index (Phi) is 3.22. The largest absolute Gasteiger partial charge is 0.292 e. The molecule has 4 nitrogen and oxygen atoms in total. The molecule has 0 unspecified atom stereocenters. The van der Waals surface area contributed by atoms with Gasteiger partial charge in [0.1, 0.15) is 0 Å². The van der Waals surface area contributed by atoms with Crippen LogP contribution in [0.25, 0.3) is 16.7 Å². The van der Waals surface area contributed by atoms with E-state index >= 15 is 0 Å². The highest BCUT2D eigenvalue weighted by Gasteiger charge is 2.12. The van der Waals surface area contributed by atoms with Gasteiger partial charge < -0.3 is 0 Å². The minimum Gasteiger partial charge on any atom is -0.292 e. The summed E-state index contributed by atoms with van der Waals surface area (Å²) < 4.78 is 2.04. The van der Waals surface area contributed by atoms with Gasteiger partial charge in [-0.25, -0.2) is 9.97 Å². The van der Waals surface area contributed by atoms with Crippen molar-refractivity contribution in [2.45, 2.75) is 6.42 Å². The third kappa shape index (κ3) is 2.32. The minimum atomic E-state index is 0.398. The van der Waals surface area contributed by atoms with E-state index in [1.165, 1.54) is 0 Å². The standard InChI is InChI=1S/C18H11ClN4/c19-17-18-21-11-14(9-12-5-7-13(10-20)8-6-12)23(18)16-4-2-1-3-15(16)22-17/h1-8,11H,9H2. The molecule has 2 heterocycles. The van der Waals surface area contributed by atoms with Crippen LogP contribution in [0.5, 0.6) is 0 Å². The second-order valence-electron chi connectivity index (χ2n) is 5.29. The maximum Gasteiger partial charge on any atom is 0.175 e. The van der Waals surface area contributed by atoms with Gasteiger partial charge in [-0.05, 0) is 29.8 Å². The Bertz CT molecular complexity index is 1060. The van der Waals surface area contributed by atoms with Crippen molar-refractivity contribution in [1.29, 1.82) is 5.26 Å². The van der Waals surface area contributed by atoms with Crippen molar-refractivity contribution in [2.75, 3.05) is 0 Å². The van der Waals surface area contributed by atoms with Crippen LogP contribution >= 0.6 is 11.6 Å². The van der Waals surface area contributed by atoms with E-state index < -0.39 is 0 Å². The lowest BCUT2D eigenvalue weighted by Crippen LogP contribution is -1.98. The Morgan fingerprint density at radius 3 is 2.65 bits per heavy atom. The molecular weight excluding hydrogens is 308 g/mol. The number of hydrogen-bond donors (Lipinski definition) is 0. The number of halogens is 1. The average Bonchev–Trinajstić information content (AvgIpc) is 3.00. The Morgan fingerprint density at radius 1 is 1.09 bits per heavy atom. The lowest BCUT2D eigenvalue weighted by Gasteiger charge is -2.07. The van der Waals surface area contributed by atoms with Gasteiger partial charge in [-0.2, -0.15) is 5.26 Å². The average molecular weight is 319 g/mol. The molecule has 2 aromatic carbocycles. The molecule has 0 atom stereocenters. The number of para-hydroxylation sites is 2. The monoisotopic (exact) mass is 318 g/mol. The molecule has 0 radical (unpaired) electrons. The molecule has 0 bridgehead atoms. The van der Waals surface area contributed by atoms with E-state index in [2.05, 4.69) is 16.0 Å². The molecule has 2 aromatic heterocycles. The summed E-state index contributed by atoms with van der Waals surface area (Å²) in [6.07, 6.45) is 2.53. The van der Waals surface area contributed by atoms with Crippen LogP contribution in [0.4, 0.5) is 0 Å². The quantitative estimate of drug-likeness (QED) is 0.561. The lowest BCUT2D eigenvalue weighted by atomic mass is 10.1. The maximum atomic E-state index is 8.89. The molecule has 23 heavy (non-hydrogen) atoms. The summed E-state index contributed by atoms with van der Waals surface area (Å²) in [5.74, 6) is 0. The minimum absolute atomic E-state index is 0.398. The van der Waals surface area contributed by atoms with Crippen molar-refractivity contribution < 1.29 is 0 Å². The number of nitriles is 1. The van der Waals surface area contributed by atoms with Gasteiger partial charge in [0.25, 0.3) is 0 Å². The van der Waals surface area contributed by atoms with E-state index in [1.807, 2.05) is 59.1 Å². The van der Waals surface area contributed by atoms with Crippen molar-refractivity contribution in [3.8, 4) is 6.07 Å². The second-order valence-corrected chi connectivity index (χ2v) is 5.64. The number of aromatic nitrogens is 3. The van der Waals surface area contributed by atoms with Gasteiger partial charge in [-0.15, -0.1) is 0 Å². The van der Waals surface area contributed by atoms with E-state index in [1.54, 1.807) is 0 Å². The van der Waals surface area contributed by atoms with Gasteiger partial charge in [0.2, 0.25) is 0 Å². The zero-order chi connectivity index (χ0) is 15.8. The molecule has 0 fully saturated rings. The van der Waals surface area contributed by atoms with Crippen LogP contribution < -0.4 is 0 Å². The third-order valence-electron chi connectivity index (χ3n) is 3.83. The number of benzene rings is 2. The van der Waals surface area contributed by atoms with Gasteiger partial charge in [-0.3, -0.25) is 4.40 Å². The number of rotatable bonds is 2. The molecule has 4 aromatic rings. The molecule has 0 aliphatic carbocycles. The Morgan fingerprint density at radius 2 is 1.87 bits per heavy atom. The molecule has 0 aliphatic rings. The topological polar surface area (TPSA) is 54.0 Å². The van der Waals surface area contributed by atoms with E-state index in [0.29, 0.717) is 22.8 Å². The smallest absolute Gasteiger partial charge is 0.175 e. The second kappa shape index (κ2) is 5.38. The first-order valence-electron chi connectivity index (χ1n) is 7.16. The fourth-order valence-corrected chi connectivity index (χ4v) is 2.96. The summed E-state index contributed by atoms with van der Waals surface area (Å²) in [7, 11) is 0. The number of hydrogen-bond acceptors (Lipinski definition) is 3. The van der Waals surface area contributed by atoms with Crippen molar-refractivity contribution >= 4 is 28.3 Å². The molecule has 4 rings (SSSR count). The highest BCUT2D eigenvalue weighted by atomic mass is 35.5. The van der Waals surface area contributed by atoms with Crippen LogP contribution in [-0.4, -0.2) is 14.4 Å². The van der Waals surface area contributed by atoms with Crippen LogP contribution in [0.15, 0.2) is 54.7 Å². The number of fused-ring (bicyclic) bond motifs is 3. The molecule has 0 N–H and O–H groups in total. The van der Waals surface area contributed by atoms with Crippen LogP contribution in [0, 0.1) is 11.3 Å². The fraction of sp³-hybridized carbons (Fsp3) is 0.0556. The Labute approximate surface area is 137 Å². The lowest BCUT2D eigenvalue weighted by molar-refractivity contribution is 1.05. The van der Waals surface area contributed by atoms with Gasteiger partial charge in [-0.1, -0.05) is 35.9 Å². The van der Waals surface area contributed by atoms with Crippen LogP contribution in [-0.2, 0) is 6.42 Å². The van der Waals surface area contributed by atoms with E-state index in [9.17, 15) is 0 Å². The van der Waals surface area contributed by atoms with E-state index in [-0.39, 0.29) is 0 Å². The van der Waals surface area contributed by atoms with Crippen LogP contribution in [0.1, 0.15) is 16.8 Å². The SMILES string of the molecule is N#Cc1ccc(Cc2cnc3c(Cl)nc4ccccc4n23)cc1. The van der Waals surface area contributed by atoms with E-state index in [0.717, 1.165) is 22.3 Å². The summed E-state index contributed by atoms with van der Waals surface area (Å²) in [5, 5.41) is 9.29. The summed E-state index contributed by atoms with van der Waals surface area (Å²) in [6, 6.07) is 17.6. The Hall–Kier alpha value is -2.90. The Balaban J connectivity index is 1.88. The summed E-state index contributed by atoms with van der Waals surface area (Å²) >= 11 is 6.26. The van der Waals surface area contributed by atoms with Crippen molar-refractivity contribution in [3.63, 3.8) is 0 Å². The maximum absolute atomic E-state index is 8.89. The van der Waals surface area contributed by atoms with Gasteiger partial charge in [0.15, 0.2) is 10.8 Å². The molecule has 0 aliphatic heterocycles. The van der Waals surface area contributed by atoms with E-state index in [4.69, 9.17) is 16.9 Å².